The molecule has 0 aliphatic heterocycles. The van der Waals surface area contributed by atoms with Gasteiger partial charge >= 0.3 is 0 Å². The van der Waals surface area contributed by atoms with Gasteiger partial charge in [-0.05, 0) is 26.0 Å². The second kappa shape index (κ2) is 3.81. The van der Waals surface area contributed by atoms with E-state index in [0.717, 1.165) is 11.4 Å². The number of rotatable bonds is 2. The maximum absolute atomic E-state index is 4.38. The van der Waals surface area contributed by atoms with E-state index in [-0.39, 0.29) is 0 Å². The van der Waals surface area contributed by atoms with E-state index in [9.17, 15) is 0 Å². The fourth-order valence-electron chi connectivity index (χ4n) is 1.44. The van der Waals surface area contributed by atoms with Crippen molar-refractivity contribution in [2.75, 3.05) is 0 Å². The topological polar surface area (TPSA) is 34.6 Å². The number of nitrogens with zero attached hydrogens (tertiary/aromatic N) is 4. The van der Waals surface area contributed by atoms with Gasteiger partial charge in [0.05, 0.1) is 5.21 Å². The maximum atomic E-state index is 4.38. The lowest BCUT2D eigenvalue weighted by Crippen LogP contribution is -2.38. The van der Waals surface area contributed by atoms with Crippen molar-refractivity contribution in [3.8, 4) is 11.4 Å². The Morgan fingerprint density at radius 3 is 2.67 bits per heavy atom. The van der Waals surface area contributed by atoms with Gasteiger partial charge in [0.2, 0.25) is 5.69 Å². The fraction of sp³-hybridized carbons (Fsp3) is 0.364. The molecule has 0 spiro atoms. The van der Waals surface area contributed by atoms with Crippen molar-refractivity contribution >= 4 is 0 Å². The second-order valence-electron chi connectivity index (χ2n) is 3.82. The van der Waals surface area contributed by atoms with E-state index in [1.54, 1.807) is 6.20 Å². The molecule has 15 heavy (non-hydrogen) atoms. The van der Waals surface area contributed by atoms with Crippen molar-refractivity contribution in [3.63, 3.8) is 0 Å². The van der Waals surface area contributed by atoms with Crippen LogP contribution in [-0.2, 0) is 7.05 Å². The molecule has 2 aromatic rings. The van der Waals surface area contributed by atoms with Gasteiger partial charge in [-0.15, -0.1) is 9.36 Å². The zero-order chi connectivity index (χ0) is 10.8. The minimum absolute atomic E-state index is 0.369. The zero-order valence-corrected chi connectivity index (χ0v) is 9.25. The molecule has 2 heterocycles. The van der Waals surface area contributed by atoms with Crippen molar-refractivity contribution in [2.45, 2.75) is 19.9 Å². The molecule has 0 atom stereocenters. The first-order valence-corrected chi connectivity index (χ1v) is 5.05. The first-order valence-electron chi connectivity index (χ1n) is 5.05. The van der Waals surface area contributed by atoms with E-state index < -0.39 is 0 Å². The van der Waals surface area contributed by atoms with Crippen LogP contribution in [0.15, 0.2) is 30.6 Å². The molecule has 0 aromatic carbocycles. The lowest BCUT2D eigenvalue weighted by Gasteiger charge is -1.92. The molecule has 0 N–H and O–H groups in total. The molecule has 78 valence electrons. The van der Waals surface area contributed by atoms with E-state index >= 15 is 0 Å². The zero-order valence-electron chi connectivity index (χ0n) is 9.25. The Balaban J connectivity index is 2.45. The monoisotopic (exact) mass is 203 g/mol. The summed E-state index contributed by atoms with van der Waals surface area (Å²) in [4.78, 5) is 4.31. The van der Waals surface area contributed by atoms with Gasteiger partial charge in [-0.2, -0.15) is 0 Å². The van der Waals surface area contributed by atoms with Crippen LogP contribution in [0.1, 0.15) is 19.9 Å². The summed E-state index contributed by atoms with van der Waals surface area (Å²) in [5.41, 5.74) is 1.98. The minimum Gasteiger partial charge on any atom is -0.252 e. The van der Waals surface area contributed by atoms with Crippen molar-refractivity contribution in [1.82, 2.24) is 14.9 Å². The van der Waals surface area contributed by atoms with Crippen LogP contribution in [0, 0.1) is 0 Å². The van der Waals surface area contributed by atoms with E-state index in [2.05, 4.69) is 24.0 Å². The standard InChI is InChI=1S/C11H15N4/c1-9(2)15-8-11(14(3)13-15)10-6-4-5-7-12-10/h4-9H,1-3H3/q+1. The summed E-state index contributed by atoms with van der Waals surface area (Å²) < 4.78 is 3.78. The highest BCUT2D eigenvalue weighted by atomic mass is 15.5. The fourth-order valence-corrected chi connectivity index (χ4v) is 1.44. The molecule has 0 bridgehead atoms. The van der Waals surface area contributed by atoms with Gasteiger partial charge < -0.3 is 0 Å². The first-order chi connectivity index (χ1) is 7.18. The predicted molar refractivity (Wildman–Crippen MR) is 57.0 cm³/mol. The van der Waals surface area contributed by atoms with Crippen LogP contribution < -0.4 is 4.68 Å². The SMILES string of the molecule is CC(C)[n+]1cc(-c2ccccn2)n(C)n1. The molecule has 0 radical (unpaired) electrons. The van der Waals surface area contributed by atoms with Crippen LogP contribution in [0.4, 0.5) is 0 Å². The van der Waals surface area contributed by atoms with Gasteiger partial charge in [0.25, 0.3) is 0 Å². The smallest absolute Gasteiger partial charge is 0.215 e. The quantitative estimate of drug-likeness (QED) is 0.690. The van der Waals surface area contributed by atoms with Crippen molar-refractivity contribution in [3.05, 3.63) is 30.6 Å². The number of aromatic nitrogens is 4. The number of aryl methyl sites for hydroxylation is 1. The van der Waals surface area contributed by atoms with Crippen LogP contribution in [0.25, 0.3) is 11.4 Å². The molecular formula is C11H15N4+. The van der Waals surface area contributed by atoms with E-state index in [0.29, 0.717) is 6.04 Å². The molecular weight excluding hydrogens is 188 g/mol. The molecule has 4 heteroatoms. The largest absolute Gasteiger partial charge is 0.252 e. The first kappa shape index (κ1) is 9.83. The van der Waals surface area contributed by atoms with E-state index in [1.165, 1.54) is 0 Å². The predicted octanol–water partition coefficient (Wildman–Crippen LogP) is 1.35. The van der Waals surface area contributed by atoms with Crippen molar-refractivity contribution in [2.24, 2.45) is 7.05 Å². The lowest BCUT2D eigenvalue weighted by molar-refractivity contribution is -0.772. The highest BCUT2D eigenvalue weighted by Crippen LogP contribution is 2.12. The third-order valence-corrected chi connectivity index (χ3v) is 2.30. The highest BCUT2D eigenvalue weighted by molar-refractivity contribution is 5.51. The van der Waals surface area contributed by atoms with Crippen LogP contribution in [0.3, 0.4) is 0 Å². The number of pyridine rings is 1. The lowest BCUT2D eigenvalue weighted by atomic mass is 10.3. The molecule has 0 saturated heterocycles. The Bertz CT molecular complexity index is 445. The van der Waals surface area contributed by atoms with Crippen LogP contribution in [0.5, 0.6) is 0 Å². The maximum Gasteiger partial charge on any atom is 0.215 e. The summed E-state index contributed by atoms with van der Waals surface area (Å²) in [7, 11) is 1.93. The number of hydrogen-bond donors (Lipinski definition) is 0. The molecule has 2 rings (SSSR count). The summed E-state index contributed by atoms with van der Waals surface area (Å²) in [6.45, 7) is 4.21. The molecule has 2 aromatic heterocycles. The van der Waals surface area contributed by atoms with Gasteiger partial charge in [-0.3, -0.25) is 4.98 Å². The molecule has 0 fully saturated rings. The summed E-state index contributed by atoms with van der Waals surface area (Å²) in [5, 5.41) is 4.38. The number of hydrogen-bond acceptors (Lipinski definition) is 2. The Morgan fingerprint density at radius 2 is 2.13 bits per heavy atom. The van der Waals surface area contributed by atoms with Gasteiger partial charge in [0, 0.05) is 6.20 Å². The molecule has 4 nitrogen and oxygen atoms in total. The van der Waals surface area contributed by atoms with Gasteiger partial charge in [0.15, 0.2) is 6.20 Å². The van der Waals surface area contributed by atoms with Crippen LogP contribution in [-0.4, -0.2) is 14.9 Å². The van der Waals surface area contributed by atoms with Crippen molar-refractivity contribution < 1.29 is 4.68 Å². The third kappa shape index (κ3) is 1.88. The molecule has 0 unspecified atom stereocenters. The molecule has 0 saturated carbocycles. The highest BCUT2D eigenvalue weighted by Gasteiger charge is 2.16. The Kier molecular flexibility index (Phi) is 2.49. The normalized spacial score (nSPS) is 10.9. The van der Waals surface area contributed by atoms with Crippen molar-refractivity contribution in [1.29, 1.82) is 0 Å². The van der Waals surface area contributed by atoms with Crippen LogP contribution >= 0.6 is 0 Å². The molecule has 0 aliphatic carbocycles. The van der Waals surface area contributed by atoms with Gasteiger partial charge in [-0.25, -0.2) is 0 Å². The average Bonchev–Trinajstić information content (AvgIpc) is 2.62. The minimum atomic E-state index is 0.369. The second-order valence-corrected chi connectivity index (χ2v) is 3.82. The Hall–Kier alpha value is -1.71. The average molecular weight is 203 g/mol. The van der Waals surface area contributed by atoms with E-state index in [1.807, 2.05) is 40.8 Å². The summed E-state index contributed by atoms with van der Waals surface area (Å²) >= 11 is 0. The van der Waals surface area contributed by atoms with Crippen LogP contribution in [0.2, 0.25) is 0 Å². The van der Waals surface area contributed by atoms with E-state index in [4.69, 9.17) is 0 Å². The summed E-state index contributed by atoms with van der Waals surface area (Å²) in [6, 6.07) is 6.25. The summed E-state index contributed by atoms with van der Waals surface area (Å²) in [6.07, 6.45) is 3.81. The Labute approximate surface area is 89.2 Å². The van der Waals surface area contributed by atoms with Gasteiger partial charge in [-0.1, -0.05) is 6.07 Å². The van der Waals surface area contributed by atoms with Gasteiger partial charge in [0.1, 0.15) is 18.8 Å². The summed E-state index contributed by atoms with van der Waals surface area (Å²) in [5.74, 6) is 0. The third-order valence-electron chi connectivity index (χ3n) is 2.30. The molecule has 0 aliphatic rings. The Morgan fingerprint density at radius 1 is 1.33 bits per heavy atom. The molecule has 0 amide bonds.